The summed E-state index contributed by atoms with van der Waals surface area (Å²) in [5.41, 5.74) is 0. The summed E-state index contributed by atoms with van der Waals surface area (Å²) in [4.78, 5) is 10.0. The Morgan fingerprint density at radius 3 is 2.69 bits per heavy atom. The molecule has 0 amide bonds. The Morgan fingerprint density at radius 1 is 1.46 bits per heavy atom. The van der Waals surface area contributed by atoms with Gasteiger partial charge in [0.05, 0.1) is 12.7 Å². The molecule has 0 radical (unpaired) electrons. The average molecular weight is 190 g/mol. The quantitative estimate of drug-likeness (QED) is 0.561. The number of ether oxygens (including phenoxy) is 1. The molecule has 0 aromatic rings. The smallest absolute Gasteiger partial charge is 0.329 e. The summed E-state index contributed by atoms with van der Waals surface area (Å²) < 4.78 is 4.74. The highest BCUT2D eigenvalue weighted by atomic mass is 16.5. The van der Waals surface area contributed by atoms with Crippen molar-refractivity contribution in [3.63, 3.8) is 0 Å². The highest BCUT2D eigenvalue weighted by molar-refractivity contribution is 5.67. The van der Waals surface area contributed by atoms with E-state index < -0.39 is 12.1 Å². The van der Waals surface area contributed by atoms with Gasteiger partial charge in [0, 0.05) is 0 Å². The Morgan fingerprint density at radius 2 is 2.15 bits per heavy atom. The van der Waals surface area contributed by atoms with Crippen LogP contribution < -0.4 is 0 Å². The lowest BCUT2D eigenvalue weighted by atomic mass is 10.1. The maximum Gasteiger partial charge on any atom is 0.329 e. The predicted molar refractivity (Wildman–Crippen MR) is 48.6 cm³/mol. The van der Waals surface area contributed by atoms with Crippen LogP contribution in [0.1, 0.15) is 32.6 Å². The number of aliphatic carboxylic acids is 1. The predicted octanol–water partition coefficient (Wildman–Crippen LogP) is 1.03. The van der Waals surface area contributed by atoms with Crippen molar-refractivity contribution in [2.24, 2.45) is 0 Å². The maximum absolute atomic E-state index is 10.0. The van der Waals surface area contributed by atoms with E-state index in [0.717, 1.165) is 19.3 Å². The number of hydrogen-bond donors (Lipinski definition) is 2. The van der Waals surface area contributed by atoms with Crippen LogP contribution in [0.4, 0.5) is 0 Å². The van der Waals surface area contributed by atoms with Gasteiger partial charge in [-0.05, 0) is 6.42 Å². The largest absolute Gasteiger partial charge is 0.480 e. The van der Waals surface area contributed by atoms with Crippen LogP contribution in [0.2, 0.25) is 0 Å². The van der Waals surface area contributed by atoms with Crippen LogP contribution >= 0.6 is 0 Å². The Labute approximate surface area is 78.5 Å². The third-order valence-electron chi connectivity index (χ3n) is 1.68. The first-order valence-corrected chi connectivity index (χ1v) is 4.64. The fourth-order valence-corrected chi connectivity index (χ4v) is 0.996. The minimum Gasteiger partial charge on any atom is -0.480 e. The lowest BCUT2D eigenvalue weighted by molar-refractivity contribution is -0.143. The van der Waals surface area contributed by atoms with E-state index in [1.54, 1.807) is 0 Å². The molecular formula is C9H18O4. The SMILES string of the molecule is CCCCCC(O)COCC(=O)O. The van der Waals surface area contributed by atoms with E-state index in [-0.39, 0.29) is 13.2 Å². The van der Waals surface area contributed by atoms with Crippen LogP contribution in [0.15, 0.2) is 0 Å². The average Bonchev–Trinajstić information content (AvgIpc) is 2.04. The van der Waals surface area contributed by atoms with E-state index >= 15 is 0 Å². The summed E-state index contributed by atoms with van der Waals surface area (Å²) >= 11 is 0. The minimum atomic E-state index is -0.999. The zero-order valence-electron chi connectivity index (χ0n) is 8.03. The third kappa shape index (κ3) is 9.30. The van der Waals surface area contributed by atoms with Gasteiger partial charge in [-0.15, -0.1) is 0 Å². The van der Waals surface area contributed by atoms with Gasteiger partial charge in [-0.3, -0.25) is 0 Å². The molecule has 0 bridgehead atoms. The molecule has 0 aromatic heterocycles. The molecule has 0 aromatic carbocycles. The van der Waals surface area contributed by atoms with Crippen molar-refractivity contribution in [1.82, 2.24) is 0 Å². The van der Waals surface area contributed by atoms with E-state index in [2.05, 4.69) is 6.92 Å². The number of aliphatic hydroxyl groups excluding tert-OH is 1. The van der Waals surface area contributed by atoms with Crippen molar-refractivity contribution >= 4 is 5.97 Å². The van der Waals surface area contributed by atoms with Crippen molar-refractivity contribution in [3.8, 4) is 0 Å². The zero-order chi connectivity index (χ0) is 10.1. The van der Waals surface area contributed by atoms with Gasteiger partial charge in [0.15, 0.2) is 0 Å². The molecule has 0 saturated heterocycles. The number of carbonyl (C=O) groups is 1. The van der Waals surface area contributed by atoms with Gasteiger partial charge in [-0.2, -0.15) is 0 Å². The molecule has 0 spiro atoms. The summed E-state index contributed by atoms with van der Waals surface area (Å²) in [5.74, 6) is -0.999. The first-order valence-electron chi connectivity index (χ1n) is 4.64. The highest BCUT2D eigenvalue weighted by Crippen LogP contribution is 2.03. The first kappa shape index (κ1) is 12.4. The molecule has 0 saturated carbocycles. The molecule has 2 N–H and O–H groups in total. The molecule has 78 valence electrons. The van der Waals surface area contributed by atoms with Gasteiger partial charge in [-0.1, -0.05) is 26.2 Å². The van der Waals surface area contributed by atoms with E-state index in [4.69, 9.17) is 9.84 Å². The Balaban J connectivity index is 3.19. The fraction of sp³-hybridized carbons (Fsp3) is 0.889. The van der Waals surface area contributed by atoms with Crippen LogP contribution in [0.3, 0.4) is 0 Å². The molecule has 0 heterocycles. The van der Waals surface area contributed by atoms with Crippen LogP contribution in [-0.4, -0.2) is 35.5 Å². The van der Waals surface area contributed by atoms with Crippen molar-refractivity contribution in [3.05, 3.63) is 0 Å². The molecule has 0 aliphatic carbocycles. The number of aliphatic hydroxyl groups is 1. The molecule has 1 atom stereocenters. The van der Waals surface area contributed by atoms with Gasteiger partial charge in [0.1, 0.15) is 6.61 Å². The van der Waals surface area contributed by atoms with Crippen molar-refractivity contribution in [1.29, 1.82) is 0 Å². The Kier molecular flexibility index (Phi) is 7.63. The number of hydrogen-bond acceptors (Lipinski definition) is 3. The fourth-order valence-electron chi connectivity index (χ4n) is 0.996. The number of unbranched alkanes of at least 4 members (excludes halogenated alkanes) is 2. The summed E-state index contributed by atoms with van der Waals surface area (Å²) in [6.45, 7) is 1.88. The summed E-state index contributed by atoms with van der Waals surface area (Å²) in [5, 5.41) is 17.5. The lowest BCUT2D eigenvalue weighted by Gasteiger charge is -2.09. The summed E-state index contributed by atoms with van der Waals surface area (Å²) in [7, 11) is 0. The second-order valence-electron chi connectivity index (χ2n) is 3.06. The first-order chi connectivity index (χ1) is 6.16. The second kappa shape index (κ2) is 8.01. The normalized spacial score (nSPS) is 12.8. The standard InChI is InChI=1S/C9H18O4/c1-2-3-4-5-8(10)6-13-7-9(11)12/h8,10H,2-7H2,1H3,(H,11,12). The number of carboxylic acids is 1. The van der Waals surface area contributed by atoms with Crippen molar-refractivity contribution in [2.45, 2.75) is 38.7 Å². The molecule has 1 unspecified atom stereocenters. The molecule has 0 aliphatic rings. The van der Waals surface area contributed by atoms with Gasteiger partial charge in [0.2, 0.25) is 0 Å². The Hall–Kier alpha value is -0.610. The third-order valence-corrected chi connectivity index (χ3v) is 1.68. The van der Waals surface area contributed by atoms with Crippen LogP contribution in [0.5, 0.6) is 0 Å². The van der Waals surface area contributed by atoms with E-state index in [0.29, 0.717) is 6.42 Å². The van der Waals surface area contributed by atoms with E-state index in [1.165, 1.54) is 0 Å². The maximum atomic E-state index is 10.0. The Bertz CT molecular complexity index is 136. The van der Waals surface area contributed by atoms with Crippen molar-refractivity contribution < 1.29 is 19.7 Å². The van der Waals surface area contributed by atoms with Gasteiger partial charge >= 0.3 is 5.97 Å². The lowest BCUT2D eigenvalue weighted by Crippen LogP contribution is -2.18. The number of carboxylic acid groups (broad SMARTS) is 1. The zero-order valence-corrected chi connectivity index (χ0v) is 8.03. The van der Waals surface area contributed by atoms with E-state index in [1.807, 2.05) is 0 Å². The second-order valence-corrected chi connectivity index (χ2v) is 3.06. The van der Waals surface area contributed by atoms with Crippen LogP contribution in [-0.2, 0) is 9.53 Å². The van der Waals surface area contributed by atoms with Crippen molar-refractivity contribution in [2.75, 3.05) is 13.2 Å². The van der Waals surface area contributed by atoms with Gasteiger partial charge in [0.25, 0.3) is 0 Å². The molecule has 0 rings (SSSR count). The summed E-state index contributed by atoms with van der Waals surface area (Å²) in [6.07, 6.45) is 3.34. The monoisotopic (exact) mass is 190 g/mol. The molecular weight excluding hydrogens is 172 g/mol. The van der Waals surface area contributed by atoms with E-state index in [9.17, 15) is 9.90 Å². The van der Waals surface area contributed by atoms with Crippen LogP contribution in [0, 0.1) is 0 Å². The van der Waals surface area contributed by atoms with Gasteiger partial charge < -0.3 is 14.9 Å². The van der Waals surface area contributed by atoms with Gasteiger partial charge in [-0.25, -0.2) is 4.79 Å². The molecule has 4 heteroatoms. The molecule has 0 fully saturated rings. The summed E-state index contributed by atoms with van der Waals surface area (Å²) in [6, 6.07) is 0. The topological polar surface area (TPSA) is 66.8 Å². The minimum absolute atomic E-state index is 0.121. The highest BCUT2D eigenvalue weighted by Gasteiger charge is 2.04. The molecule has 0 aliphatic heterocycles. The van der Waals surface area contributed by atoms with Crippen LogP contribution in [0.25, 0.3) is 0 Å². The molecule has 4 nitrogen and oxygen atoms in total. The number of rotatable bonds is 8. The molecule has 13 heavy (non-hydrogen) atoms.